The Morgan fingerprint density at radius 2 is 1.75 bits per heavy atom. The van der Waals surface area contributed by atoms with Crippen molar-refractivity contribution in [2.24, 2.45) is 0 Å². The number of ether oxygens (including phenoxy) is 1. The Morgan fingerprint density at radius 1 is 1.12 bits per heavy atom. The number of carboxylic acids is 1. The fraction of sp³-hybridized carbons (Fsp3) is 0.316. The minimum Gasteiger partial charge on any atom is -0.489 e. The Morgan fingerprint density at radius 3 is 2.33 bits per heavy atom. The molecule has 5 heteroatoms. The van der Waals surface area contributed by atoms with E-state index in [9.17, 15) is 9.18 Å². The molecule has 0 bridgehead atoms. The lowest BCUT2D eigenvalue weighted by atomic mass is 10.1. The highest BCUT2D eigenvalue weighted by Crippen LogP contribution is 2.15. The summed E-state index contributed by atoms with van der Waals surface area (Å²) in [4.78, 5) is 11.1. The Balaban J connectivity index is 1.83. The molecule has 0 aliphatic carbocycles. The lowest BCUT2D eigenvalue weighted by molar-refractivity contribution is -0.139. The van der Waals surface area contributed by atoms with Gasteiger partial charge in [-0.25, -0.2) is 4.39 Å². The lowest BCUT2D eigenvalue weighted by Crippen LogP contribution is -2.35. The summed E-state index contributed by atoms with van der Waals surface area (Å²) in [5, 5.41) is 12.2. The van der Waals surface area contributed by atoms with Crippen molar-refractivity contribution in [2.75, 3.05) is 0 Å². The van der Waals surface area contributed by atoms with Gasteiger partial charge in [0.05, 0.1) is 0 Å². The molecule has 0 aliphatic rings. The Labute approximate surface area is 141 Å². The number of aliphatic carboxylic acids is 1. The molecule has 0 saturated carbocycles. The smallest absolute Gasteiger partial charge is 0.320 e. The Bertz CT molecular complexity index is 641. The molecule has 4 nitrogen and oxygen atoms in total. The molecule has 0 heterocycles. The van der Waals surface area contributed by atoms with Crippen LogP contribution >= 0.6 is 0 Å². The SMILES string of the molecule is CCCC(NCc1ccc(OCc2ccc(F)cc2)cc1)C(=O)O. The first-order chi connectivity index (χ1) is 11.6. The predicted octanol–water partition coefficient (Wildman–Crippen LogP) is 3.75. The second kappa shape index (κ2) is 9.03. The molecule has 24 heavy (non-hydrogen) atoms. The van der Waals surface area contributed by atoms with E-state index in [4.69, 9.17) is 9.84 Å². The van der Waals surface area contributed by atoms with Crippen LogP contribution in [0.1, 0.15) is 30.9 Å². The first kappa shape index (κ1) is 17.9. The topological polar surface area (TPSA) is 58.6 Å². The summed E-state index contributed by atoms with van der Waals surface area (Å²) in [6, 6.07) is 13.2. The largest absolute Gasteiger partial charge is 0.489 e. The molecular weight excluding hydrogens is 309 g/mol. The highest BCUT2D eigenvalue weighted by atomic mass is 19.1. The number of nitrogens with one attached hydrogen (secondary N) is 1. The molecule has 0 spiro atoms. The zero-order valence-electron chi connectivity index (χ0n) is 13.7. The Kier molecular flexibility index (Phi) is 6.75. The first-order valence-electron chi connectivity index (χ1n) is 8.01. The maximum Gasteiger partial charge on any atom is 0.320 e. The van der Waals surface area contributed by atoms with Crippen LogP contribution in [0.5, 0.6) is 5.75 Å². The molecule has 0 aliphatic heterocycles. The normalized spacial score (nSPS) is 11.9. The highest BCUT2D eigenvalue weighted by molar-refractivity contribution is 5.73. The third kappa shape index (κ3) is 5.66. The van der Waals surface area contributed by atoms with Crippen LogP contribution < -0.4 is 10.1 Å². The minimum absolute atomic E-state index is 0.265. The van der Waals surface area contributed by atoms with Crippen LogP contribution in [0, 0.1) is 5.82 Å². The summed E-state index contributed by atoms with van der Waals surface area (Å²) >= 11 is 0. The molecule has 128 valence electrons. The van der Waals surface area contributed by atoms with Crippen LogP contribution in [0.25, 0.3) is 0 Å². The molecule has 0 aromatic heterocycles. The molecule has 0 saturated heterocycles. The number of hydrogen-bond acceptors (Lipinski definition) is 3. The second-order valence-electron chi connectivity index (χ2n) is 5.62. The monoisotopic (exact) mass is 331 g/mol. The van der Waals surface area contributed by atoms with Crippen molar-refractivity contribution >= 4 is 5.97 Å². The van der Waals surface area contributed by atoms with Crippen molar-refractivity contribution in [1.82, 2.24) is 5.32 Å². The van der Waals surface area contributed by atoms with Crippen molar-refractivity contribution in [1.29, 1.82) is 0 Å². The fourth-order valence-corrected chi connectivity index (χ4v) is 2.29. The first-order valence-corrected chi connectivity index (χ1v) is 8.01. The lowest BCUT2D eigenvalue weighted by Gasteiger charge is -2.13. The van der Waals surface area contributed by atoms with Crippen molar-refractivity contribution in [2.45, 2.75) is 39.0 Å². The molecule has 2 N–H and O–H groups in total. The quantitative estimate of drug-likeness (QED) is 0.735. The van der Waals surface area contributed by atoms with Crippen molar-refractivity contribution in [3.63, 3.8) is 0 Å². The van der Waals surface area contributed by atoms with Gasteiger partial charge in [-0.2, -0.15) is 0 Å². The van der Waals surface area contributed by atoms with Crippen molar-refractivity contribution in [3.05, 3.63) is 65.5 Å². The predicted molar refractivity (Wildman–Crippen MR) is 90.3 cm³/mol. The van der Waals surface area contributed by atoms with Gasteiger partial charge in [-0.3, -0.25) is 4.79 Å². The summed E-state index contributed by atoms with van der Waals surface area (Å²) in [7, 11) is 0. The van der Waals surface area contributed by atoms with E-state index in [1.165, 1.54) is 12.1 Å². The minimum atomic E-state index is -0.823. The molecule has 1 atom stereocenters. The summed E-state index contributed by atoms with van der Waals surface area (Å²) in [5.41, 5.74) is 1.89. The van der Waals surface area contributed by atoms with Gasteiger partial charge in [-0.05, 0) is 41.8 Å². The van der Waals surface area contributed by atoms with Crippen LogP contribution in [-0.2, 0) is 17.9 Å². The van der Waals surface area contributed by atoms with E-state index in [-0.39, 0.29) is 5.82 Å². The maximum absolute atomic E-state index is 12.8. The van der Waals surface area contributed by atoms with Crippen LogP contribution in [0.4, 0.5) is 4.39 Å². The summed E-state index contributed by atoms with van der Waals surface area (Å²) in [6.07, 6.45) is 1.42. The van der Waals surface area contributed by atoms with E-state index in [1.54, 1.807) is 12.1 Å². The number of carboxylic acid groups (broad SMARTS) is 1. The van der Waals surface area contributed by atoms with E-state index in [0.29, 0.717) is 25.3 Å². The van der Waals surface area contributed by atoms with Gasteiger partial charge in [-0.15, -0.1) is 0 Å². The number of rotatable bonds is 9. The third-order valence-corrected chi connectivity index (χ3v) is 3.67. The molecule has 1 unspecified atom stereocenters. The van der Waals surface area contributed by atoms with Gasteiger partial charge in [0.2, 0.25) is 0 Å². The second-order valence-corrected chi connectivity index (χ2v) is 5.62. The summed E-state index contributed by atoms with van der Waals surface area (Å²) < 4.78 is 18.5. The van der Waals surface area contributed by atoms with Gasteiger partial charge in [0.1, 0.15) is 24.2 Å². The van der Waals surface area contributed by atoms with E-state index in [0.717, 1.165) is 17.5 Å². The molecule has 2 rings (SSSR count). The van der Waals surface area contributed by atoms with Gasteiger partial charge < -0.3 is 15.2 Å². The van der Waals surface area contributed by atoms with Crippen LogP contribution in [0.2, 0.25) is 0 Å². The zero-order chi connectivity index (χ0) is 17.4. The highest BCUT2D eigenvalue weighted by Gasteiger charge is 2.14. The molecule has 0 radical (unpaired) electrons. The van der Waals surface area contributed by atoms with Gasteiger partial charge in [0.15, 0.2) is 0 Å². The number of hydrogen-bond donors (Lipinski definition) is 2. The molecule has 2 aromatic rings. The molecule has 0 fully saturated rings. The van der Waals surface area contributed by atoms with E-state index in [2.05, 4.69) is 5.32 Å². The van der Waals surface area contributed by atoms with E-state index in [1.807, 2.05) is 31.2 Å². The van der Waals surface area contributed by atoms with E-state index < -0.39 is 12.0 Å². The molecule has 0 amide bonds. The third-order valence-electron chi connectivity index (χ3n) is 3.67. The van der Waals surface area contributed by atoms with Gasteiger partial charge in [-0.1, -0.05) is 37.6 Å². The van der Waals surface area contributed by atoms with Crippen molar-refractivity contribution in [3.8, 4) is 5.75 Å². The van der Waals surface area contributed by atoms with E-state index >= 15 is 0 Å². The number of halogens is 1. The maximum atomic E-state index is 12.8. The van der Waals surface area contributed by atoms with Gasteiger partial charge in [0.25, 0.3) is 0 Å². The average Bonchev–Trinajstić information content (AvgIpc) is 2.59. The molecular formula is C19H22FNO3. The van der Waals surface area contributed by atoms with Gasteiger partial charge >= 0.3 is 5.97 Å². The Hall–Kier alpha value is -2.40. The summed E-state index contributed by atoms with van der Waals surface area (Å²) in [5.74, 6) is -0.374. The number of carbonyl (C=O) groups is 1. The average molecular weight is 331 g/mol. The van der Waals surface area contributed by atoms with Crippen LogP contribution in [0.15, 0.2) is 48.5 Å². The fourth-order valence-electron chi connectivity index (χ4n) is 2.29. The van der Waals surface area contributed by atoms with Crippen LogP contribution in [-0.4, -0.2) is 17.1 Å². The van der Waals surface area contributed by atoms with Gasteiger partial charge in [0, 0.05) is 6.54 Å². The zero-order valence-corrected chi connectivity index (χ0v) is 13.7. The molecule has 2 aromatic carbocycles. The standard InChI is InChI=1S/C19H22FNO3/c1-2-3-18(19(22)23)21-12-14-6-10-17(11-7-14)24-13-15-4-8-16(20)9-5-15/h4-11,18,21H,2-3,12-13H2,1H3,(H,22,23). The van der Waals surface area contributed by atoms with Crippen LogP contribution in [0.3, 0.4) is 0 Å². The summed E-state index contributed by atoms with van der Waals surface area (Å²) in [6.45, 7) is 2.83. The van der Waals surface area contributed by atoms with Crippen molar-refractivity contribution < 1.29 is 19.0 Å². The number of benzene rings is 2.